The van der Waals surface area contributed by atoms with Crippen molar-refractivity contribution in [1.29, 1.82) is 0 Å². The molecule has 1 saturated carbocycles. The molecule has 1 aromatic heterocycles. The predicted molar refractivity (Wildman–Crippen MR) is 106 cm³/mol. The van der Waals surface area contributed by atoms with Crippen LogP contribution in [-0.4, -0.2) is 68.3 Å². The fourth-order valence-electron chi connectivity index (χ4n) is 3.91. The molecule has 28 heavy (non-hydrogen) atoms. The highest BCUT2D eigenvalue weighted by molar-refractivity contribution is 6.30. The van der Waals surface area contributed by atoms with Gasteiger partial charge in [0.2, 0.25) is 0 Å². The Labute approximate surface area is 169 Å². The molecule has 9 heteroatoms. The third-order valence-corrected chi connectivity index (χ3v) is 5.81. The molecule has 1 N–H and O–H groups in total. The van der Waals surface area contributed by atoms with Gasteiger partial charge in [-0.05, 0) is 47.5 Å². The van der Waals surface area contributed by atoms with E-state index in [1.165, 1.54) is 19.3 Å². The van der Waals surface area contributed by atoms with Crippen molar-refractivity contribution in [2.45, 2.75) is 44.7 Å². The first kappa shape index (κ1) is 19.1. The highest BCUT2D eigenvalue weighted by Crippen LogP contribution is 2.18. The lowest BCUT2D eigenvalue weighted by atomic mass is 9.96. The van der Waals surface area contributed by atoms with Gasteiger partial charge in [-0.1, -0.05) is 30.9 Å². The van der Waals surface area contributed by atoms with E-state index in [0.717, 1.165) is 50.5 Å². The summed E-state index contributed by atoms with van der Waals surface area (Å²) in [6.45, 7) is 3.72. The zero-order chi connectivity index (χ0) is 19.3. The number of tetrazole rings is 1. The van der Waals surface area contributed by atoms with Gasteiger partial charge in [-0.25, -0.2) is 4.79 Å². The summed E-state index contributed by atoms with van der Waals surface area (Å²) in [6.07, 6.45) is 5.96. The van der Waals surface area contributed by atoms with Crippen LogP contribution in [0.3, 0.4) is 0 Å². The van der Waals surface area contributed by atoms with Gasteiger partial charge >= 0.3 is 6.03 Å². The molecule has 2 amide bonds. The minimum atomic E-state index is 0.0811. The number of piperazine rings is 1. The van der Waals surface area contributed by atoms with Crippen LogP contribution >= 0.6 is 11.6 Å². The van der Waals surface area contributed by atoms with Gasteiger partial charge in [-0.15, -0.1) is 5.10 Å². The highest BCUT2D eigenvalue weighted by atomic mass is 35.5. The van der Waals surface area contributed by atoms with Crippen LogP contribution in [0.2, 0.25) is 5.02 Å². The SMILES string of the molecule is O=C(NC1CCCCC1)N1CCN(Cc2nnnn2-c2ccc(Cl)cc2)CC1. The third-order valence-electron chi connectivity index (χ3n) is 5.56. The number of hydrogen-bond acceptors (Lipinski definition) is 5. The Morgan fingerprint density at radius 2 is 1.79 bits per heavy atom. The number of carbonyl (C=O) groups is 1. The van der Waals surface area contributed by atoms with Crippen molar-refractivity contribution < 1.29 is 4.79 Å². The van der Waals surface area contributed by atoms with E-state index < -0.39 is 0 Å². The van der Waals surface area contributed by atoms with Crippen molar-refractivity contribution in [3.8, 4) is 5.69 Å². The number of carbonyl (C=O) groups excluding carboxylic acids is 1. The first-order chi connectivity index (χ1) is 13.7. The van der Waals surface area contributed by atoms with E-state index in [9.17, 15) is 4.79 Å². The number of nitrogens with zero attached hydrogens (tertiary/aromatic N) is 6. The molecule has 0 bridgehead atoms. The molecular formula is C19H26ClN7O. The Balaban J connectivity index is 1.30. The number of rotatable bonds is 4. The molecule has 2 heterocycles. The van der Waals surface area contributed by atoms with Gasteiger partial charge in [0.15, 0.2) is 5.82 Å². The topological polar surface area (TPSA) is 79.2 Å². The molecule has 2 fully saturated rings. The highest BCUT2D eigenvalue weighted by Gasteiger charge is 2.25. The zero-order valence-corrected chi connectivity index (χ0v) is 16.7. The molecule has 0 radical (unpaired) electrons. The Kier molecular flexibility index (Phi) is 6.07. The summed E-state index contributed by atoms with van der Waals surface area (Å²) in [4.78, 5) is 16.7. The summed E-state index contributed by atoms with van der Waals surface area (Å²) < 4.78 is 1.73. The second-order valence-electron chi connectivity index (χ2n) is 7.53. The molecule has 1 saturated heterocycles. The number of aromatic nitrogens is 4. The van der Waals surface area contributed by atoms with Crippen LogP contribution in [0.5, 0.6) is 0 Å². The van der Waals surface area contributed by atoms with Crippen molar-refractivity contribution in [1.82, 2.24) is 35.3 Å². The monoisotopic (exact) mass is 403 g/mol. The van der Waals surface area contributed by atoms with Crippen LogP contribution in [-0.2, 0) is 6.54 Å². The van der Waals surface area contributed by atoms with Crippen molar-refractivity contribution >= 4 is 17.6 Å². The van der Waals surface area contributed by atoms with Crippen LogP contribution in [0.25, 0.3) is 5.69 Å². The van der Waals surface area contributed by atoms with Crippen molar-refractivity contribution in [3.05, 3.63) is 35.1 Å². The van der Waals surface area contributed by atoms with Crippen LogP contribution in [0.4, 0.5) is 4.79 Å². The number of hydrogen-bond donors (Lipinski definition) is 1. The average molecular weight is 404 g/mol. The molecule has 0 spiro atoms. The second-order valence-corrected chi connectivity index (χ2v) is 7.97. The van der Waals surface area contributed by atoms with Gasteiger partial charge in [-0.3, -0.25) is 4.90 Å². The van der Waals surface area contributed by atoms with Crippen molar-refractivity contribution in [3.63, 3.8) is 0 Å². The molecule has 1 aromatic carbocycles. The van der Waals surface area contributed by atoms with E-state index in [0.29, 0.717) is 17.6 Å². The van der Waals surface area contributed by atoms with Gasteiger partial charge in [0.25, 0.3) is 0 Å². The van der Waals surface area contributed by atoms with Gasteiger partial charge in [0, 0.05) is 37.2 Å². The first-order valence-electron chi connectivity index (χ1n) is 10.00. The maximum Gasteiger partial charge on any atom is 0.317 e. The van der Waals surface area contributed by atoms with E-state index in [1.54, 1.807) is 4.68 Å². The van der Waals surface area contributed by atoms with Gasteiger partial charge in [0.1, 0.15) is 0 Å². The fourth-order valence-corrected chi connectivity index (χ4v) is 4.04. The fraction of sp³-hybridized carbons (Fsp3) is 0.579. The molecular weight excluding hydrogens is 378 g/mol. The lowest BCUT2D eigenvalue weighted by molar-refractivity contribution is 0.129. The largest absolute Gasteiger partial charge is 0.335 e. The molecule has 1 aliphatic heterocycles. The smallest absolute Gasteiger partial charge is 0.317 e. The van der Waals surface area contributed by atoms with Gasteiger partial charge in [-0.2, -0.15) is 4.68 Å². The minimum Gasteiger partial charge on any atom is -0.335 e. The number of nitrogens with one attached hydrogen (secondary N) is 1. The minimum absolute atomic E-state index is 0.0811. The third kappa shape index (κ3) is 4.62. The summed E-state index contributed by atoms with van der Waals surface area (Å²) in [5, 5.41) is 16.0. The number of halogens is 1. The van der Waals surface area contributed by atoms with E-state index in [-0.39, 0.29) is 6.03 Å². The summed E-state index contributed by atoms with van der Waals surface area (Å²) in [5.74, 6) is 0.780. The normalized spacial score (nSPS) is 19.0. The summed E-state index contributed by atoms with van der Waals surface area (Å²) in [7, 11) is 0. The lowest BCUT2D eigenvalue weighted by Crippen LogP contribution is -2.53. The number of urea groups is 1. The van der Waals surface area contributed by atoms with E-state index in [2.05, 4.69) is 25.7 Å². The molecule has 1 aliphatic carbocycles. The molecule has 150 valence electrons. The van der Waals surface area contributed by atoms with Crippen LogP contribution < -0.4 is 5.32 Å². The maximum absolute atomic E-state index is 12.5. The van der Waals surface area contributed by atoms with Crippen LogP contribution in [0.1, 0.15) is 37.9 Å². The van der Waals surface area contributed by atoms with Gasteiger partial charge in [0.05, 0.1) is 12.2 Å². The van der Waals surface area contributed by atoms with E-state index in [1.807, 2.05) is 29.2 Å². The molecule has 4 rings (SSSR count). The van der Waals surface area contributed by atoms with Crippen molar-refractivity contribution in [2.75, 3.05) is 26.2 Å². The quantitative estimate of drug-likeness (QED) is 0.848. The average Bonchev–Trinajstić information content (AvgIpc) is 3.18. The number of benzene rings is 1. The predicted octanol–water partition coefficient (Wildman–Crippen LogP) is 2.48. The van der Waals surface area contributed by atoms with Gasteiger partial charge < -0.3 is 10.2 Å². The second kappa shape index (κ2) is 8.87. The van der Waals surface area contributed by atoms with Crippen LogP contribution in [0.15, 0.2) is 24.3 Å². The Morgan fingerprint density at radius 3 is 2.50 bits per heavy atom. The Hall–Kier alpha value is -2.19. The maximum atomic E-state index is 12.5. The molecule has 8 nitrogen and oxygen atoms in total. The van der Waals surface area contributed by atoms with Crippen LogP contribution in [0, 0.1) is 0 Å². The van der Waals surface area contributed by atoms with E-state index >= 15 is 0 Å². The summed E-state index contributed by atoms with van der Waals surface area (Å²) in [6, 6.07) is 7.88. The zero-order valence-electron chi connectivity index (χ0n) is 15.9. The molecule has 2 aliphatic rings. The molecule has 0 unspecified atom stereocenters. The Morgan fingerprint density at radius 1 is 1.07 bits per heavy atom. The Bertz CT molecular complexity index is 780. The standard InChI is InChI=1S/C19H26ClN7O/c20-15-6-8-17(9-7-15)27-18(22-23-24-27)14-25-10-12-26(13-11-25)19(28)21-16-4-2-1-3-5-16/h6-9,16H,1-5,10-14H2,(H,21,28). The molecule has 0 atom stereocenters. The van der Waals surface area contributed by atoms with Crippen molar-refractivity contribution in [2.24, 2.45) is 0 Å². The van der Waals surface area contributed by atoms with E-state index in [4.69, 9.17) is 11.6 Å². The first-order valence-corrected chi connectivity index (χ1v) is 10.4. The molecule has 2 aromatic rings. The summed E-state index contributed by atoms with van der Waals surface area (Å²) >= 11 is 5.96. The number of amides is 2. The summed E-state index contributed by atoms with van der Waals surface area (Å²) in [5.41, 5.74) is 0.884. The lowest BCUT2D eigenvalue weighted by Gasteiger charge is -2.35.